The molecule has 0 spiro atoms. The molecule has 102 valence electrons. The van der Waals surface area contributed by atoms with Crippen LogP contribution in [0.3, 0.4) is 0 Å². The molecule has 3 rings (SSSR count). The molecule has 0 amide bonds. The molecular weight excluding hydrogens is 257 g/mol. The Hall–Kier alpha value is -2.36. The van der Waals surface area contributed by atoms with E-state index in [9.17, 15) is 9.18 Å². The Morgan fingerprint density at radius 2 is 2.00 bits per heavy atom. The van der Waals surface area contributed by atoms with Crippen molar-refractivity contribution in [3.63, 3.8) is 0 Å². The van der Waals surface area contributed by atoms with Crippen LogP contribution in [-0.2, 0) is 0 Å². The molecule has 0 aliphatic carbocycles. The average Bonchev–Trinajstić information content (AvgIpc) is 2.84. The van der Waals surface area contributed by atoms with E-state index in [1.54, 1.807) is 36.5 Å². The fourth-order valence-corrected chi connectivity index (χ4v) is 2.26. The molecule has 20 heavy (non-hydrogen) atoms. The predicted octanol–water partition coefficient (Wildman–Crippen LogP) is 3.85. The fourth-order valence-electron chi connectivity index (χ4n) is 2.26. The van der Waals surface area contributed by atoms with Crippen LogP contribution in [0.5, 0.6) is 0 Å². The topological polar surface area (TPSA) is 35.1 Å². The first-order valence-electron chi connectivity index (χ1n) is 6.48. The Bertz CT molecular complexity index is 830. The van der Waals surface area contributed by atoms with E-state index in [-0.39, 0.29) is 17.3 Å². The Morgan fingerprint density at radius 3 is 2.70 bits per heavy atom. The van der Waals surface area contributed by atoms with E-state index in [1.165, 1.54) is 10.6 Å². The van der Waals surface area contributed by atoms with Crippen molar-refractivity contribution in [1.82, 2.24) is 4.57 Å². The SMILES string of the molecule is CC(C)c1ccc2oc(-n3ccccc3=O)cc2c1F. The van der Waals surface area contributed by atoms with Crippen molar-refractivity contribution in [2.75, 3.05) is 0 Å². The van der Waals surface area contributed by atoms with Gasteiger partial charge in [-0.3, -0.25) is 9.36 Å². The van der Waals surface area contributed by atoms with E-state index < -0.39 is 0 Å². The highest BCUT2D eigenvalue weighted by molar-refractivity contribution is 5.81. The standard InChI is InChI=1S/C16H14FNO2/c1-10(2)11-6-7-13-12(16(11)17)9-15(20-13)18-8-4-3-5-14(18)19/h3-10H,1-2H3. The molecular formula is C16H14FNO2. The molecule has 0 bridgehead atoms. The van der Waals surface area contributed by atoms with Crippen molar-refractivity contribution in [1.29, 1.82) is 0 Å². The number of furan rings is 1. The van der Waals surface area contributed by atoms with Crippen LogP contribution >= 0.6 is 0 Å². The van der Waals surface area contributed by atoms with Crippen molar-refractivity contribution < 1.29 is 8.81 Å². The molecule has 3 aromatic rings. The van der Waals surface area contributed by atoms with Crippen LogP contribution in [0.1, 0.15) is 25.3 Å². The number of nitrogens with zero attached hydrogens (tertiary/aromatic N) is 1. The maximum atomic E-state index is 14.4. The Labute approximate surface area is 115 Å². The smallest absolute Gasteiger partial charge is 0.257 e. The highest BCUT2D eigenvalue weighted by atomic mass is 19.1. The first-order valence-corrected chi connectivity index (χ1v) is 6.48. The number of benzene rings is 1. The highest BCUT2D eigenvalue weighted by Gasteiger charge is 2.15. The molecule has 0 saturated carbocycles. The van der Waals surface area contributed by atoms with Gasteiger partial charge in [-0.15, -0.1) is 0 Å². The second kappa shape index (κ2) is 4.63. The zero-order chi connectivity index (χ0) is 14.3. The summed E-state index contributed by atoms with van der Waals surface area (Å²) in [4.78, 5) is 11.8. The van der Waals surface area contributed by atoms with E-state index in [4.69, 9.17) is 4.42 Å². The number of fused-ring (bicyclic) bond motifs is 1. The van der Waals surface area contributed by atoms with Gasteiger partial charge in [-0.25, -0.2) is 4.39 Å². The molecule has 0 aliphatic heterocycles. The van der Waals surface area contributed by atoms with Crippen molar-refractivity contribution in [3.05, 3.63) is 64.3 Å². The van der Waals surface area contributed by atoms with Crippen LogP contribution in [0.15, 0.2) is 51.8 Å². The van der Waals surface area contributed by atoms with Crippen LogP contribution in [0.4, 0.5) is 4.39 Å². The molecule has 0 aliphatic rings. The summed E-state index contributed by atoms with van der Waals surface area (Å²) >= 11 is 0. The molecule has 0 unspecified atom stereocenters. The van der Waals surface area contributed by atoms with Gasteiger partial charge in [0.25, 0.3) is 5.56 Å². The lowest BCUT2D eigenvalue weighted by Gasteiger charge is -2.06. The summed E-state index contributed by atoms with van der Waals surface area (Å²) in [5.41, 5.74) is 0.874. The number of hydrogen-bond donors (Lipinski definition) is 0. The van der Waals surface area contributed by atoms with Crippen LogP contribution in [0.25, 0.3) is 16.9 Å². The average molecular weight is 271 g/mol. The monoisotopic (exact) mass is 271 g/mol. The molecule has 0 atom stereocenters. The number of aromatic nitrogens is 1. The lowest BCUT2D eigenvalue weighted by Crippen LogP contribution is -2.14. The Morgan fingerprint density at radius 1 is 1.20 bits per heavy atom. The van der Waals surface area contributed by atoms with Crippen LogP contribution in [0.2, 0.25) is 0 Å². The van der Waals surface area contributed by atoms with Gasteiger partial charge in [0.1, 0.15) is 11.4 Å². The first-order chi connectivity index (χ1) is 9.58. The van der Waals surface area contributed by atoms with Crippen LogP contribution in [0, 0.1) is 5.82 Å². The van der Waals surface area contributed by atoms with Gasteiger partial charge in [0.05, 0.1) is 5.39 Å². The third kappa shape index (κ3) is 1.93. The molecule has 3 nitrogen and oxygen atoms in total. The van der Waals surface area contributed by atoms with E-state index >= 15 is 0 Å². The third-order valence-corrected chi connectivity index (χ3v) is 3.33. The zero-order valence-corrected chi connectivity index (χ0v) is 11.3. The summed E-state index contributed by atoms with van der Waals surface area (Å²) in [6.45, 7) is 3.87. The molecule has 4 heteroatoms. The number of pyridine rings is 1. The Balaban J connectivity index is 2.24. The zero-order valence-electron chi connectivity index (χ0n) is 11.3. The second-order valence-electron chi connectivity index (χ2n) is 5.03. The third-order valence-electron chi connectivity index (χ3n) is 3.33. The van der Waals surface area contributed by atoms with Gasteiger partial charge < -0.3 is 4.42 Å². The van der Waals surface area contributed by atoms with Crippen molar-refractivity contribution in [2.45, 2.75) is 19.8 Å². The van der Waals surface area contributed by atoms with Crippen LogP contribution in [-0.4, -0.2) is 4.57 Å². The van der Waals surface area contributed by atoms with E-state index in [0.29, 0.717) is 22.4 Å². The largest absolute Gasteiger partial charge is 0.440 e. The van der Waals surface area contributed by atoms with E-state index in [0.717, 1.165) is 0 Å². The van der Waals surface area contributed by atoms with Gasteiger partial charge in [-0.05, 0) is 23.6 Å². The quantitative estimate of drug-likeness (QED) is 0.709. The number of rotatable bonds is 2. The van der Waals surface area contributed by atoms with Crippen molar-refractivity contribution in [3.8, 4) is 5.88 Å². The van der Waals surface area contributed by atoms with Gasteiger partial charge in [0.2, 0.25) is 5.88 Å². The molecule has 0 fully saturated rings. The molecule has 0 N–H and O–H groups in total. The normalized spacial score (nSPS) is 11.4. The summed E-state index contributed by atoms with van der Waals surface area (Å²) in [5, 5.41) is 0.405. The van der Waals surface area contributed by atoms with Crippen LogP contribution < -0.4 is 5.56 Å². The van der Waals surface area contributed by atoms with Gasteiger partial charge in [-0.2, -0.15) is 0 Å². The summed E-state index contributed by atoms with van der Waals surface area (Å²) in [6, 6.07) is 9.85. The summed E-state index contributed by atoms with van der Waals surface area (Å²) in [7, 11) is 0. The molecule has 2 aromatic heterocycles. The molecule has 0 saturated heterocycles. The van der Waals surface area contributed by atoms with Crippen molar-refractivity contribution in [2.24, 2.45) is 0 Å². The molecule has 0 radical (unpaired) electrons. The second-order valence-corrected chi connectivity index (χ2v) is 5.03. The van der Waals surface area contributed by atoms with Gasteiger partial charge in [0.15, 0.2) is 0 Å². The maximum Gasteiger partial charge on any atom is 0.257 e. The van der Waals surface area contributed by atoms with E-state index in [2.05, 4.69) is 0 Å². The van der Waals surface area contributed by atoms with E-state index in [1.807, 2.05) is 13.8 Å². The Kier molecular flexibility index (Phi) is 2.93. The highest BCUT2D eigenvalue weighted by Crippen LogP contribution is 2.29. The summed E-state index contributed by atoms with van der Waals surface area (Å²) in [5.74, 6) is 0.138. The first kappa shape index (κ1) is 12.7. The minimum absolute atomic E-state index is 0.0946. The lowest BCUT2D eigenvalue weighted by atomic mass is 10.0. The summed E-state index contributed by atoms with van der Waals surface area (Å²) in [6.07, 6.45) is 1.60. The van der Waals surface area contributed by atoms with Gasteiger partial charge in [0, 0.05) is 18.3 Å². The number of halogens is 1. The van der Waals surface area contributed by atoms with Gasteiger partial charge in [-0.1, -0.05) is 26.0 Å². The number of hydrogen-bond acceptors (Lipinski definition) is 2. The fraction of sp³-hybridized carbons (Fsp3) is 0.188. The minimum Gasteiger partial charge on any atom is -0.440 e. The molecule has 1 aromatic carbocycles. The maximum absolute atomic E-state index is 14.4. The summed E-state index contributed by atoms with van der Waals surface area (Å²) < 4.78 is 21.3. The predicted molar refractivity (Wildman–Crippen MR) is 75.9 cm³/mol. The van der Waals surface area contributed by atoms with Gasteiger partial charge >= 0.3 is 0 Å². The lowest BCUT2D eigenvalue weighted by molar-refractivity contribution is 0.571. The minimum atomic E-state index is -0.281. The molecule has 2 heterocycles. The van der Waals surface area contributed by atoms with Crippen molar-refractivity contribution >= 4 is 11.0 Å².